The van der Waals surface area contributed by atoms with Gasteiger partial charge >= 0.3 is 0 Å². The van der Waals surface area contributed by atoms with Gasteiger partial charge in [0.1, 0.15) is 0 Å². The Hall–Kier alpha value is -0.640. The molecular formula is C16H20BrNO. The maximum Gasteiger partial charge on any atom is 0.0917 e. The molecule has 0 saturated carbocycles. The summed E-state index contributed by atoms with van der Waals surface area (Å²) < 4.78 is 1.03. The third kappa shape index (κ3) is 3.10. The minimum absolute atomic E-state index is 0.384. The molecule has 0 amide bonds. The van der Waals surface area contributed by atoms with Gasteiger partial charge in [-0.1, -0.05) is 40.2 Å². The second-order valence-corrected chi connectivity index (χ2v) is 6.67. The van der Waals surface area contributed by atoms with Crippen LogP contribution in [0.3, 0.4) is 0 Å². The summed E-state index contributed by atoms with van der Waals surface area (Å²) in [5.74, 6) is 1.61. The van der Waals surface area contributed by atoms with Crippen LogP contribution in [0.2, 0.25) is 0 Å². The van der Waals surface area contributed by atoms with E-state index in [1.807, 2.05) is 24.3 Å². The number of rotatable bonds is 3. The highest BCUT2D eigenvalue weighted by molar-refractivity contribution is 9.10. The highest BCUT2D eigenvalue weighted by Crippen LogP contribution is 2.33. The van der Waals surface area contributed by atoms with Crippen molar-refractivity contribution in [3.8, 4) is 0 Å². The summed E-state index contributed by atoms with van der Waals surface area (Å²) in [7, 11) is 0. The molecule has 0 radical (unpaired) electrons. The van der Waals surface area contributed by atoms with Gasteiger partial charge in [0.15, 0.2) is 0 Å². The molecule has 1 aromatic rings. The highest BCUT2D eigenvalue weighted by atomic mass is 79.9. The van der Waals surface area contributed by atoms with Crippen molar-refractivity contribution in [1.82, 2.24) is 4.90 Å². The average molecular weight is 322 g/mol. The monoisotopic (exact) mass is 321 g/mol. The number of β-amino-alcohol motifs (C(OH)–C–C–N with tert-alkyl or cyclic N) is 1. The van der Waals surface area contributed by atoms with Gasteiger partial charge in [0, 0.05) is 24.1 Å². The van der Waals surface area contributed by atoms with E-state index in [-0.39, 0.29) is 6.10 Å². The summed E-state index contributed by atoms with van der Waals surface area (Å²) >= 11 is 3.46. The molecule has 3 heteroatoms. The fourth-order valence-corrected chi connectivity index (χ4v) is 3.74. The Balaban J connectivity index is 1.60. The van der Waals surface area contributed by atoms with Crippen LogP contribution >= 0.6 is 15.9 Å². The number of allylic oxidation sites excluding steroid dienone is 2. The van der Waals surface area contributed by atoms with Crippen LogP contribution in [0.15, 0.2) is 40.9 Å². The number of hydrogen-bond donors (Lipinski definition) is 1. The van der Waals surface area contributed by atoms with E-state index >= 15 is 0 Å². The van der Waals surface area contributed by atoms with Crippen molar-refractivity contribution >= 4 is 15.9 Å². The molecule has 102 valence electrons. The van der Waals surface area contributed by atoms with Gasteiger partial charge in [-0.25, -0.2) is 0 Å². The molecule has 0 unspecified atom stereocenters. The molecule has 19 heavy (non-hydrogen) atoms. The van der Waals surface area contributed by atoms with E-state index in [0.29, 0.717) is 0 Å². The third-order valence-corrected chi connectivity index (χ3v) is 4.85. The topological polar surface area (TPSA) is 23.5 Å². The summed E-state index contributed by atoms with van der Waals surface area (Å²) in [5, 5.41) is 10.4. The Kier molecular flexibility index (Phi) is 4.06. The Morgan fingerprint density at radius 1 is 1.21 bits per heavy atom. The Morgan fingerprint density at radius 3 is 2.53 bits per heavy atom. The van der Waals surface area contributed by atoms with Gasteiger partial charge in [0.2, 0.25) is 0 Å². The van der Waals surface area contributed by atoms with Crippen molar-refractivity contribution in [1.29, 1.82) is 0 Å². The van der Waals surface area contributed by atoms with Crippen LogP contribution in [0.25, 0.3) is 0 Å². The van der Waals surface area contributed by atoms with Crippen LogP contribution in [0.4, 0.5) is 0 Å². The van der Waals surface area contributed by atoms with Gasteiger partial charge in [-0.05, 0) is 42.4 Å². The summed E-state index contributed by atoms with van der Waals surface area (Å²) in [6.45, 7) is 3.03. The van der Waals surface area contributed by atoms with E-state index in [9.17, 15) is 5.11 Å². The molecule has 0 bridgehead atoms. The largest absolute Gasteiger partial charge is 0.387 e. The molecule has 0 aromatic heterocycles. The molecule has 1 aromatic carbocycles. The molecule has 1 N–H and O–H groups in total. The van der Waals surface area contributed by atoms with E-state index in [0.717, 1.165) is 41.5 Å². The molecule has 2 aliphatic rings. The zero-order valence-electron chi connectivity index (χ0n) is 11.0. The molecule has 1 aliphatic heterocycles. The Labute approximate surface area is 123 Å². The molecule has 0 spiro atoms. The summed E-state index contributed by atoms with van der Waals surface area (Å²) in [6.07, 6.45) is 6.68. The fourth-order valence-electron chi connectivity index (χ4n) is 3.32. The molecule has 1 saturated heterocycles. The molecule has 1 fully saturated rings. The number of nitrogens with zero attached hydrogens (tertiary/aromatic N) is 1. The predicted molar refractivity (Wildman–Crippen MR) is 80.9 cm³/mol. The van der Waals surface area contributed by atoms with Crippen molar-refractivity contribution in [3.05, 3.63) is 46.5 Å². The van der Waals surface area contributed by atoms with Crippen LogP contribution in [-0.2, 0) is 0 Å². The third-order valence-electron chi connectivity index (χ3n) is 4.36. The van der Waals surface area contributed by atoms with Crippen LogP contribution in [0.5, 0.6) is 0 Å². The second kappa shape index (κ2) is 5.78. The van der Waals surface area contributed by atoms with Crippen molar-refractivity contribution in [2.45, 2.75) is 18.9 Å². The Bertz CT molecular complexity index is 458. The second-order valence-electron chi connectivity index (χ2n) is 5.75. The number of aliphatic hydroxyl groups is 1. The summed E-state index contributed by atoms with van der Waals surface area (Å²) in [4.78, 5) is 2.42. The average Bonchev–Trinajstić information content (AvgIpc) is 2.80. The van der Waals surface area contributed by atoms with E-state index in [4.69, 9.17) is 0 Å². The lowest BCUT2D eigenvalue weighted by atomic mass is 9.86. The highest BCUT2D eigenvalue weighted by Gasteiger charge is 2.33. The number of hydrogen-bond acceptors (Lipinski definition) is 2. The maximum atomic E-state index is 10.4. The summed E-state index contributed by atoms with van der Waals surface area (Å²) in [5.41, 5.74) is 1.00. The number of fused-ring (bicyclic) bond motifs is 1. The van der Waals surface area contributed by atoms with E-state index < -0.39 is 0 Å². The molecule has 3 atom stereocenters. The van der Waals surface area contributed by atoms with Gasteiger partial charge in [-0.2, -0.15) is 0 Å². The first-order valence-corrected chi connectivity index (χ1v) is 7.82. The normalized spacial score (nSPS) is 28.3. The zero-order valence-corrected chi connectivity index (χ0v) is 12.6. The maximum absolute atomic E-state index is 10.4. The minimum atomic E-state index is -0.384. The molecular weight excluding hydrogens is 302 g/mol. The molecule has 1 heterocycles. The van der Waals surface area contributed by atoms with Crippen LogP contribution in [0, 0.1) is 11.8 Å². The van der Waals surface area contributed by atoms with Crippen LogP contribution in [0.1, 0.15) is 24.5 Å². The van der Waals surface area contributed by atoms with Crippen LogP contribution in [-0.4, -0.2) is 29.6 Å². The van der Waals surface area contributed by atoms with Gasteiger partial charge in [-0.3, -0.25) is 4.90 Å². The fraction of sp³-hybridized carbons (Fsp3) is 0.500. The standard InChI is InChI=1S/C16H20BrNO/c17-15-7-3-6-12(8-15)16(19)11-18-9-13-4-1-2-5-14(13)10-18/h1-3,6-8,13-14,16,19H,4-5,9-11H2/t13-,14-,16-/m1/s1. The molecule has 2 nitrogen and oxygen atoms in total. The van der Waals surface area contributed by atoms with E-state index in [1.165, 1.54) is 12.8 Å². The van der Waals surface area contributed by atoms with Crippen molar-refractivity contribution in [2.24, 2.45) is 11.8 Å². The molecule has 3 rings (SSSR count). The Morgan fingerprint density at radius 2 is 1.89 bits per heavy atom. The van der Waals surface area contributed by atoms with E-state index in [1.54, 1.807) is 0 Å². The first-order valence-electron chi connectivity index (χ1n) is 7.03. The van der Waals surface area contributed by atoms with E-state index in [2.05, 4.69) is 33.0 Å². The zero-order chi connectivity index (χ0) is 13.2. The minimum Gasteiger partial charge on any atom is -0.387 e. The lowest BCUT2D eigenvalue weighted by molar-refractivity contribution is 0.123. The van der Waals surface area contributed by atoms with Crippen molar-refractivity contribution < 1.29 is 5.11 Å². The predicted octanol–water partition coefficient (Wildman–Crippen LogP) is 3.38. The number of likely N-dealkylation sites (tertiary alicyclic amines) is 1. The smallest absolute Gasteiger partial charge is 0.0917 e. The van der Waals surface area contributed by atoms with Crippen molar-refractivity contribution in [3.63, 3.8) is 0 Å². The number of benzene rings is 1. The number of halogens is 1. The quantitative estimate of drug-likeness (QED) is 0.863. The van der Waals surface area contributed by atoms with Gasteiger partial charge in [0.05, 0.1) is 6.10 Å². The summed E-state index contributed by atoms with van der Waals surface area (Å²) in [6, 6.07) is 7.98. The SMILES string of the molecule is O[C@H](CN1C[C@H]2CC=CC[C@@H]2C1)c1cccc(Br)c1. The van der Waals surface area contributed by atoms with Crippen molar-refractivity contribution in [2.75, 3.05) is 19.6 Å². The van der Waals surface area contributed by atoms with Gasteiger partial charge in [0.25, 0.3) is 0 Å². The van der Waals surface area contributed by atoms with Gasteiger partial charge in [-0.15, -0.1) is 0 Å². The first kappa shape index (κ1) is 13.3. The number of aliphatic hydroxyl groups excluding tert-OH is 1. The lowest BCUT2D eigenvalue weighted by Gasteiger charge is -2.20. The lowest BCUT2D eigenvalue weighted by Crippen LogP contribution is -2.26. The first-order chi connectivity index (χ1) is 9.22. The van der Waals surface area contributed by atoms with Crippen LogP contribution < -0.4 is 0 Å². The molecule has 1 aliphatic carbocycles. The van der Waals surface area contributed by atoms with Gasteiger partial charge < -0.3 is 5.11 Å².